The molecule has 0 aromatic carbocycles. The summed E-state index contributed by atoms with van der Waals surface area (Å²) in [6.07, 6.45) is 6.07. The zero-order valence-corrected chi connectivity index (χ0v) is 12.0. The lowest BCUT2D eigenvalue weighted by atomic mass is 10.4. The second-order valence-corrected chi connectivity index (χ2v) is 7.35. The molecule has 0 aliphatic heterocycles. The van der Waals surface area contributed by atoms with Crippen molar-refractivity contribution in [3.63, 3.8) is 0 Å². The molecule has 1 aromatic heterocycles. The van der Waals surface area contributed by atoms with E-state index in [2.05, 4.69) is 10.3 Å². The van der Waals surface area contributed by atoms with Crippen LogP contribution in [0.1, 0.15) is 38.3 Å². The molecule has 106 valence electrons. The molecule has 6 heteroatoms. The molecule has 0 radical (unpaired) electrons. The minimum Gasteiger partial charge on any atom is -0.363 e. The number of hydrogen-bond donors (Lipinski definition) is 2. The lowest BCUT2D eigenvalue weighted by molar-refractivity contribution is 0.421. The van der Waals surface area contributed by atoms with Gasteiger partial charge in [0.1, 0.15) is 0 Å². The fourth-order valence-electron chi connectivity index (χ4n) is 2.33. The highest BCUT2D eigenvalue weighted by atomic mass is 32.2. The summed E-state index contributed by atoms with van der Waals surface area (Å²) < 4.78 is 26.6. The molecule has 2 aliphatic rings. The number of H-pyrrole nitrogens is 1. The van der Waals surface area contributed by atoms with Gasteiger partial charge < -0.3 is 10.3 Å². The highest BCUT2D eigenvalue weighted by Crippen LogP contribution is 2.31. The Morgan fingerprint density at radius 2 is 2.11 bits per heavy atom. The number of nitrogens with zero attached hydrogens (tertiary/aromatic N) is 1. The van der Waals surface area contributed by atoms with E-state index in [1.165, 1.54) is 12.8 Å². The van der Waals surface area contributed by atoms with Gasteiger partial charge in [-0.1, -0.05) is 6.92 Å². The van der Waals surface area contributed by atoms with Gasteiger partial charge in [0, 0.05) is 37.1 Å². The molecular weight excluding hydrogens is 262 g/mol. The number of sulfonamides is 1. The van der Waals surface area contributed by atoms with Gasteiger partial charge in [0.25, 0.3) is 0 Å². The molecule has 5 nitrogen and oxygen atoms in total. The monoisotopic (exact) mass is 283 g/mol. The summed E-state index contributed by atoms with van der Waals surface area (Å²) >= 11 is 0. The van der Waals surface area contributed by atoms with Crippen LogP contribution in [0.2, 0.25) is 0 Å². The largest absolute Gasteiger partial charge is 0.363 e. The van der Waals surface area contributed by atoms with Crippen molar-refractivity contribution in [2.45, 2.75) is 56.1 Å². The van der Waals surface area contributed by atoms with Crippen molar-refractivity contribution in [3.8, 4) is 0 Å². The fraction of sp³-hybridized carbons (Fsp3) is 0.692. The Bertz CT molecular complexity index is 544. The first-order valence-corrected chi connectivity index (χ1v) is 8.48. The van der Waals surface area contributed by atoms with Gasteiger partial charge in [-0.3, -0.25) is 0 Å². The predicted octanol–water partition coefficient (Wildman–Crippen LogP) is 1.44. The zero-order chi connectivity index (χ0) is 13.5. The minimum absolute atomic E-state index is 0.220. The second-order valence-electron chi connectivity index (χ2n) is 5.46. The maximum absolute atomic E-state index is 12.5. The summed E-state index contributed by atoms with van der Waals surface area (Å²) in [5.74, 6) is 0. The molecule has 3 rings (SSSR count). The van der Waals surface area contributed by atoms with E-state index in [4.69, 9.17) is 0 Å². The maximum atomic E-state index is 12.5. The molecular formula is C13H21N3O2S. The molecule has 0 bridgehead atoms. The Morgan fingerprint density at radius 1 is 1.37 bits per heavy atom. The Balaban J connectivity index is 1.72. The SMILES string of the molecule is CCN(C1CC1)S(=O)(=O)c1c[nH]c(CNC2CC2)c1. The third-order valence-corrected chi connectivity index (χ3v) is 5.75. The molecule has 19 heavy (non-hydrogen) atoms. The Kier molecular flexibility index (Phi) is 3.41. The number of hydrogen-bond acceptors (Lipinski definition) is 3. The van der Waals surface area contributed by atoms with Crippen LogP contribution in [0.4, 0.5) is 0 Å². The van der Waals surface area contributed by atoms with E-state index in [1.54, 1.807) is 16.6 Å². The van der Waals surface area contributed by atoms with Gasteiger partial charge in [-0.05, 0) is 31.7 Å². The van der Waals surface area contributed by atoms with Crippen LogP contribution < -0.4 is 5.32 Å². The van der Waals surface area contributed by atoms with Gasteiger partial charge in [0.05, 0.1) is 4.90 Å². The van der Waals surface area contributed by atoms with Gasteiger partial charge in [0.2, 0.25) is 10.0 Å². The summed E-state index contributed by atoms with van der Waals surface area (Å²) in [4.78, 5) is 3.46. The molecule has 2 fully saturated rings. The molecule has 0 atom stereocenters. The lowest BCUT2D eigenvalue weighted by Gasteiger charge is -2.18. The average Bonchev–Trinajstić information content (AvgIpc) is 3.29. The first-order valence-electron chi connectivity index (χ1n) is 7.04. The zero-order valence-electron chi connectivity index (χ0n) is 11.2. The van der Waals surface area contributed by atoms with E-state index in [0.717, 1.165) is 25.1 Å². The number of aromatic nitrogens is 1. The van der Waals surface area contributed by atoms with Crippen molar-refractivity contribution in [3.05, 3.63) is 18.0 Å². The van der Waals surface area contributed by atoms with Crippen molar-refractivity contribution in [2.24, 2.45) is 0 Å². The predicted molar refractivity (Wildman–Crippen MR) is 73.2 cm³/mol. The van der Waals surface area contributed by atoms with Crippen LogP contribution >= 0.6 is 0 Å². The molecule has 1 heterocycles. The Labute approximate surface area is 114 Å². The van der Waals surface area contributed by atoms with Crippen LogP contribution in [0.5, 0.6) is 0 Å². The van der Waals surface area contributed by atoms with Crippen molar-refractivity contribution in [2.75, 3.05) is 6.54 Å². The van der Waals surface area contributed by atoms with Crippen LogP contribution in [-0.2, 0) is 16.6 Å². The number of rotatable bonds is 7. The highest BCUT2D eigenvalue weighted by Gasteiger charge is 2.37. The van der Waals surface area contributed by atoms with Gasteiger partial charge in [-0.25, -0.2) is 8.42 Å². The van der Waals surface area contributed by atoms with Crippen LogP contribution in [0.3, 0.4) is 0 Å². The normalized spacial score (nSPS) is 20.1. The van der Waals surface area contributed by atoms with Crippen LogP contribution in [0.25, 0.3) is 0 Å². The molecule has 2 aliphatic carbocycles. The van der Waals surface area contributed by atoms with E-state index >= 15 is 0 Å². The van der Waals surface area contributed by atoms with Gasteiger partial charge in [0.15, 0.2) is 0 Å². The quantitative estimate of drug-likeness (QED) is 0.796. The fourth-order valence-corrected chi connectivity index (χ4v) is 4.05. The summed E-state index contributed by atoms with van der Waals surface area (Å²) in [5, 5.41) is 3.38. The first-order chi connectivity index (χ1) is 9.11. The topological polar surface area (TPSA) is 65.2 Å². The smallest absolute Gasteiger partial charge is 0.244 e. The Morgan fingerprint density at radius 3 is 2.68 bits per heavy atom. The van der Waals surface area contributed by atoms with Crippen molar-refractivity contribution in [1.29, 1.82) is 0 Å². The molecule has 0 saturated heterocycles. The number of nitrogens with one attached hydrogen (secondary N) is 2. The van der Waals surface area contributed by atoms with Crippen LogP contribution in [0.15, 0.2) is 17.2 Å². The summed E-state index contributed by atoms with van der Waals surface area (Å²) in [7, 11) is -3.32. The van der Waals surface area contributed by atoms with Gasteiger partial charge >= 0.3 is 0 Å². The molecule has 2 saturated carbocycles. The maximum Gasteiger partial charge on any atom is 0.244 e. The standard InChI is InChI=1S/C13H21N3O2S/c1-2-16(12-5-6-12)19(17,18)13-7-11(15-9-13)8-14-10-3-4-10/h7,9-10,12,14-15H,2-6,8H2,1H3. The highest BCUT2D eigenvalue weighted by molar-refractivity contribution is 7.89. The third kappa shape index (κ3) is 2.85. The summed E-state index contributed by atoms with van der Waals surface area (Å²) in [5.41, 5.74) is 0.942. The van der Waals surface area contributed by atoms with Crippen LogP contribution in [0, 0.1) is 0 Å². The van der Waals surface area contributed by atoms with E-state index in [-0.39, 0.29) is 6.04 Å². The average molecular weight is 283 g/mol. The summed E-state index contributed by atoms with van der Waals surface area (Å²) in [6.45, 7) is 3.17. The van der Waals surface area contributed by atoms with Gasteiger partial charge in [-0.2, -0.15) is 4.31 Å². The molecule has 0 amide bonds. The van der Waals surface area contributed by atoms with E-state index < -0.39 is 10.0 Å². The first kappa shape index (κ1) is 13.1. The van der Waals surface area contributed by atoms with E-state index in [1.807, 2.05) is 6.92 Å². The van der Waals surface area contributed by atoms with E-state index in [0.29, 0.717) is 17.5 Å². The van der Waals surface area contributed by atoms with Gasteiger partial charge in [-0.15, -0.1) is 0 Å². The lowest BCUT2D eigenvalue weighted by Crippen LogP contribution is -2.32. The van der Waals surface area contributed by atoms with Crippen molar-refractivity contribution < 1.29 is 8.42 Å². The van der Waals surface area contributed by atoms with E-state index in [9.17, 15) is 8.42 Å². The minimum atomic E-state index is -3.32. The number of aromatic amines is 1. The van der Waals surface area contributed by atoms with Crippen LogP contribution in [-0.4, -0.2) is 36.3 Å². The summed E-state index contributed by atoms with van der Waals surface area (Å²) in [6, 6.07) is 2.61. The molecule has 2 N–H and O–H groups in total. The molecule has 0 unspecified atom stereocenters. The third-order valence-electron chi connectivity index (χ3n) is 3.75. The molecule has 0 spiro atoms. The Hall–Kier alpha value is -0.850. The van der Waals surface area contributed by atoms with Crippen molar-refractivity contribution >= 4 is 10.0 Å². The molecule has 1 aromatic rings. The second kappa shape index (κ2) is 4.92. The van der Waals surface area contributed by atoms with Crippen molar-refractivity contribution in [1.82, 2.24) is 14.6 Å².